The largest absolute Gasteiger partial charge is 0.488 e. The van der Waals surface area contributed by atoms with Crippen LogP contribution in [0.25, 0.3) is 0 Å². The number of hydrogen-bond acceptors (Lipinski definition) is 2. The molecule has 0 heterocycles. The molecule has 1 rings (SSSR count). The Morgan fingerprint density at radius 1 is 1.31 bits per heavy atom. The SMILES string of the molecule is CC(=O)O.CCC(C)(C)Oc1ccccc1. The van der Waals surface area contributed by atoms with Crippen molar-refractivity contribution in [3.8, 4) is 5.75 Å². The number of rotatable bonds is 3. The number of ether oxygens (including phenoxy) is 1. The Kier molecular flexibility index (Phi) is 6.23. The van der Waals surface area contributed by atoms with Gasteiger partial charge >= 0.3 is 0 Å². The van der Waals surface area contributed by atoms with E-state index in [1.165, 1.54) is 0 Å². The van der Waals surface area contributed by atoms with E-state index >= 15 is 0 Å². The van der Waals surface area contributed by atoms with Crippen molar-refractivity contribution in [1.82, 2.24) is 0 Å². The molecule has 16 heavy (non-hydrogen) atoms. The Bertz CT molecular complexity index is 300. The number of carboxylic acids is 1. The predicted octanol–water partition coefficient (Wildman–Crippen LogP) is 3.34. The van der Waals surface area contributed by atoms with Gasteiger partial charge in [-0.25, -0.2) is 0 Å². The standard InChI is InChI=1S/C11H16O.C2H4O2/c1-4-11(2,3)12-10-8-6-5-7-9-10;1-2(3)4/h5-9H,4H2,1-3H3;1H3,(H,3,4). The monoisotopic (exact) mass is 224 g/mol. The first-order valence-corrected chi connectivity index (χ1v) is 5.31. The summed E-state index contributed by atoms with van der Waals surface area (Å²) in [4.78, 5) is 9.00. The smallest absolute Gasteiger partial charge is 0.300 e. The van der Waals surface area contributed by atoms with Crippen LogP contribution in [0.15, 0.2) is 30.3 Å². The molecule has 0 aliphatic rings. The predicted molar refractivity (Wildman–Crippen MR) is 64.7 cm³/mol. The number of carbonyl (C=O) groups is 1. The molecule has 0 radical (unpaired) electrons. The molecule has 0 unspecified atom stereocenters. The average molecular weight is 224 g/mol. The molecule has 0 aliphatic carbocycles. The average Bonchev–Trinajstić information content (AvgIpc) is 2.18. The van der Waals surface area contributed by atoms with Crippen molar-refractivity contribution in [3.63, 3.8) is 0 Å². The zero-order chi connectivity index (χ0) is 12.6. The van der Waals surface area contributed by atoms with E-state index in [0.717, 1.165) is 19.1 Å². The highest BCUT2D eigenvalue weighted by Crippen LogP contribution is 2.19. The van der Waals surface area contributed by atoms with Gasteiger partial charge in [-0.05, 0) is 32.4 Å². The number of carboxylic acid groups (broad SMARTS) is 1. The second kappa shape index (κ2) is 6.88. The molecular formula is C13H20O3. The first-order chi connectivity index (χ1) is 7.37. The molecule has 0 amide bonds. The van der Waals surface area contributed by atoms with Crippen LogP contribution in [0, 0.1) is 0 Å². The third-order valence-corrected chi connectivity index (χ3v) is 1.99. The van der Waals surface area contributed by atoms with Crippen LogP contribution < -0.4 is 4.74 Å². The van der Waals surface area contributed by atoms with Crippen molar-refractivity contribution >= 4 is 5.97 Å². The van der Waals surface area contributed by atoms with E-state index < -0.39 is 5.97 Å². The summed E-state index contributed by atoms with van der Waals surface area (Å²) < 4.78 is 5.75. The Morgan fingerprint density at radius 2 is 1.75 bits per heavy atom. The highest BCUT2D eigenvalue weighted by Gasteiger charge is 2.15. The number of para-hydroxylation sites is 1. The fraction of sp³-hybridized carbons (Fsp3) is 0.462. The Hall–Kier alpha value is -1.51. The van der Waals surface area contributed by atoms with E-state index in [4.69, 9.17) is 14.6 Å². The van der Waals surface area contributed by atoms with Crippen LogP contribution in [0.1, 0.15) is 34.1 Å². The third kappa shape index (κ3) is 7.85. The Morgan fingerprint density at radius 3 is 2.12 bits per heavy atom. The lowest BCUT2D eigenvalue weighted by Gasteiger charge is -2.24. The summed E-state index contributed by atoms with van der Waals surface area (Å²) in [5.74, 6) is 0.115. The lowest BCUT2D eigenvalue weighted by Crippen LogP contribution is -2.26. The van der Waals surface area contributed by atoms with Crippen molar-refractivity contribution in [1.29, 1.82) is 0 Å². The molecule has 1 aromatic rings. The van der Waals surface area contributed by atoms with Crippen LogP contribution in [0.3, 0.4) is 0 Å². The van der Waals surface area contributed by atoms with Gasteiger partial charge in [0.1, 0.15) is 11.4 Å². The first kappa shape index (κ1) is 14.5. The topological polar surface area (TPSA) is 46.5 Å². The summed E-state index contributed by atoms with van der Waals surface area (Å²) >= 11 is 0. The zero-order valence-electron chi connectivity index (χ0n) is 10.4. The van der Waals surface area contributed by atoms with Gasteiger partial charge in [-0.2, -0.15) is 0 Å². The normalized spacial score (nSPS) is 10.0. The van der Waals surface area contributed by atoms with Gasteiger partial charge < -0.3 is 9.84 Å². The highest BCUT2D eigenvalue weighted by atomic mass is 16.5. The maximum Gasteiger partial charge on any atom is 0.300 e. The quantitative estimate of drug-likeness (QED) is 0.856. The van der Waals surface area contributed by atoms with Gasteiger partial charge in [-0.15, -0.1) is 0 Å². The van der Waals surface area contributed by atoms with Gasteiger partial charge in [0, 0.05) is 6.92 Å². The molecule has 90 valence electrons. The number of aliphatic carboxylic acids is 1. The molecule has 0 bridgehead atoms. The van der Waals surface area contributed by atoms with Crippen LogP contribution in [-0.4, -0.2) is 16.7 Å². The van der Waals surface area contributed by atoms with Crippen LogP contribution in [0.5, 0.6) is 5.75 Å². The zero-order valence-corrected chi connectivity index (χ0v) is 10.4. The van der Waals surface area contributed by atoms with Crippen molar-refractivity contribution in [3.05, 3.63) is 30.3 Å². The summed E-state index contributed by atoms with van der Waals surface area (Å²) in [7, 11) is 0. The lowest BCUT2D eigenvalue weighted by molar-refractivity contribution is -0.134. The lowest BCUT2D eigenvalue weighted by atomic mass is 10.1. The van der Waals surface area contributed by atoms with Gasteiger partial charge in [0.2, 0.25) is 0 Å². The Labute approximate surface area is 97.1 Å². The fourth-order valence-electron chi connectivity index (χ4n) is 0.880. The molecule has 0 aromatic heterocycles. The van der Waals surface area contributed by atoms with E-state index in [0.29, 0.717) is 0 Å². The second-order valence-corrected chi connectivity index (χ2v) is 4.05. The number of hydrogen-bond donors (Lipinski definition) is 1. The molecule has 1 N–H and O–H groups in total. The van der Waals surface area contributed by atoms with E-state index in [-0.39, 0.29) is 5.60 Å². The van der Waals surface area contributed by atoms with Gasteiger partial charge in [-0.3, -0.25) is 4.79 Å². The molecule has 3 heteroatoms. The minimum Gasteiger partial charge on any atom is -0.488 e. The summed E-state index contributed by atoms with van der Waals surface area (Å²) in [5, 5.41) is 7.42. The molecule has 0 fully saturated rings. The highest BCUT2D eigenvalue weighted by molar-refractivity contribution is 5.62. The third-order valence-electron chi connectivity index (χ3n) is 1.99. The summed E-state index contributed by atoms with van der Waals surface area (Å²) in [6.45, 7) is 7.41. The molecule has 3 nitrogen and oxygen atoms in total. The van der Waals surface area contributed by atoms with E-state index in [1.807, 2.05) is 30.3 Å². The number of benzene rings is 1. The summed E-state index contributed by atoms with van der Waals surface area (Å²) in [6, 6.07) is 9.93. The first-order valence-electron chi connectivity index (χ1n) is 5.31. The molecule has 0 atom stereocenters. The fourth-order valence-corrected chi connectivity index (χ4v) is 0.880. The van der Waals surface area contributed by atoms with Crippen molar-refractivity contribution in [2.75, 3.05) is 0 Å². The Balaban J connectivity index is 0.000000487. The van der Waals surface area contributed by atoms with Crippen molar-refractivity contribution < 1.29 is 14.6 Å². The van der Waals surface area contributed by atoms with E-state index in [1.54, 1.807) is 0 Å². The summed E-state index contributed by atoms with van der Waals surface area (Å²) in [6.07, 6.45) is 1.02. The molecule has 0 saturated carbocycles. The van der Waals surface area contributed by atoms with Gasteiger partial charge in [-0.1, -0.05) is 25.1 Å². The van der Waals surface area contributed by atoms with Gasteiger partial charge in [0.15, 0.2) is 0 Å². The van der Waals surface area contributed by atoms with Gasteiger partial charge in [0.05, 0.1) is 0 Å². The molecule has 0 aliphatic heterocycles. The van der Waals surface area contributed by atoms with Crippen LogP contribution >= 0.6 is 0 Å². The van der Waals surface area contributed by atoms with E-state index in [2.05, 4.69) is 20.8 Å². The summed E-state index contributed by atoms with van der Waals surface area (Å²) in [5.41, 5.74) is -0.0542. The molecular weight excluding hydrogens is 204 g/mol. The molecule has 0 saturated heterocycles. The van der Waals surface area contributed by atoms with Crippen LogP contribution in [-0.2, 0) is 4.79 Å². The minimum atomic E-state index is -0.833. The van der Waals surface area contributed by atoms with Crippen LogP contribution in [0.4, 0.5) is 0 Å². The molecule has 1 aromatic carbocycles. The van der Waals surface area contributed by atoms with Crippen molar-refractivity contribution in [2.24, 2.45) is 0 Å². The van der Waals surface area contributed by atoms with Crippen LogP contribution in [0.2, 0.25) is 0 Å². The molecule has 0 spiro atoms. The minimum absolute atomic E-state index is 0.0542. The van der Waals surface area contributed by atoms with Crippen molar-refractivity contribution in [2.45, 2.75) is 39.7 Å². The van der Waals surface area contributed by atoms with Gasteiger partial charge in [0.25, 0.3) is 5.97 Å². The van der Waals surface area contributed by atoms with E-state index in [9.17, 15) is 0 Å². The second-order valence-electron chi connectivity index (χ2n) is 4.05. The maximum absolute atomic E-state index is 9.00. The maximum atomic E-state index is 9.00.